The molecule has 0 bridgehead atoms. The van der Waals surface area contributed by atoms with E-state index in [-0.39, 0.29) is 11.1 Å². The molecule has 0 fully saturated rings. The molecule has 1 heterocycles. The van der Waals surface area contributed by atoms with Crippen LogP contribution in [0.2, 0.25) is 0 Å². The Balaban J connectivity index is 3.71. The summed E-state index contributed by atoms with van der Waals surface area (Å²) in [5.41, 5.74) is -6.24. The van der Waals surface area contributed by atoms with Gasteiger partial charge in [0.05, 0.1) is 0 Å². The van der Waals surface area contributed by atoms with E-state index in [9.17, 15) is 35.1 Å². The molecule has 0 spiro atoms. The zero-order valence-corrected chi connectivity index (χ0v) is 10.3. The van der Waals surface area contributed by atoms with E-state index in [1.165, 1.54) is 6.92 Å². The third-order valence-electron chi connectivity index (χ3n) is 2.43. The predicted molar refractivity (Wildman–Crippen MR) is 52.2 cm³/mol. The van der Waals surface area contributed by atoms with E-state index in [2.05, 4.69) is 5.10 Å². The molecule has 0 saturated carbocycles. The van der Waals surface area contributed by atoms with E-state index >= 15 is 0 Å². The number of rotatable bonds is 3. The first kappa shape index (κ1) is 17.2. The molecule has 1 aromatic heterocycles. The highest BCUT2D eigenvalue weighted by molar-refractivity contribution is 5.40. The second-order valence-electron chi connectivity index (χ2n) is 3.98. The highest BCUT2D eigenvalue weighted by Gasteiger charge is 2.64. The van der Waals surface area contributed by atoms with Gasteiger partial charge in [-0.05, 0) is 6.42 Å². The molecule has 0 aliphatic carbocycles. The summed E-state index contributed by atoms with van der Waals surface area (Å²) in [6, 6.07) is 0.979. The summed E-state index contributed by atoms with van der Waals surface area (Å²) in [6.07, 6.45) is -11.7. The molecule has 21 heavy (non-hydrogen) atoms. The minimum absolute atomic E-state index is 0.0880. The van der Waals surface area contributed by atoms with Gasteiger partial charge in [0.2, 0.25) is 0 Å². The Morgan fingerprint density at radius 3 is 1.95 bits per heavy atom. The number of nitrogens with zero attached hydrogens (tertiary/aromatic N) is 3. The molecule has 0 amide bonds. The summed E-state index contributed by atoms with van der Waals surface area (Å²) >= 11 is 0. The second-order valence-corrected chi connectivity index (χ2v) is 3.98. The van der Waals surface area contributed by atoms with Gasteiger partial charge in [-0.25, -0.2) is 0 Å². The van der Waals surface area contributed by atoms with Crippen LogP contribution in [-0.4, -0.2) is 16.0 Å². The molecule has 0 radical (unpaired) electrons. The van der Waals surface area contributed by atoms with Crippen molar-refractivity contribution in [2.24, 2.45) is 0 Å². The fourth-order valence-corrected chi connectivity index (χ4v) is 1.57. The van der Waals surface area contributed by atoms with Crippen molar-refractivity contribution in [3.8, 4) is 6.07 Å². The third kappa shape index (κ3) is 2.93. The molecule has 0 aliphatic heterocycles. The van der Waals surface area contributed by atoms with Crippen molar-refractivity contribution in [3.63, 3.8) is 0 Å². The van der Waals surface area contributed by atoms with Crippen LogP contribution in [0.25, 0.3) is 0 Å². The Hall–Kier alpha value is -1.86. The number of halogens is 8. The fourth-order valence-electron chi connectivity index (χ4n) is 1.57. The maximum absolute atomic E-state index is 13.2. The minimum atomic E-state index is -6.26. The van der Waals surface area contributed by atoms with Gasteiger partial charge in [0.1, 0.15) is 11.6 Å². The standard InChI is InChI=1S/C10H7F8N3/c1-2-3-21-5(4-19)6(9(13,14)15)7(20-21)8(11,12)10(16,17)18/h2-3H2,1H3. The molecule has 0 saturated heterocycles. The van der Waals surface area contributed by atoms with Gasteiger partial charge in [-0.15, -0.1) is 0 Å². The lowest BCUT2D eigenvalue weighted by molar-refractivity contribution is -0.292. The summed E-state index contributed by atoms with van der Waals surface area (Å²) in [4.78, 5) is 0. The number of hydrogen-bond donors (Lipinski definition) is 0. The normalized spacial score (nSPS) is 13.3. The van der Waals surface area contributed by atoms with Crippen LogP contribution in [0.15, 0.2) is 0 Å². The SMILES string of the molecule is CCCn1nc(C(F)(F)C(F)(F)F)c(C(F)(F)F)c1C#N. The van der Waals surface area contributed by atoms with E-state index in [1.54, 1.807) is 0 Å². The Bertz CT molecular complexity index is 561. The van der Waals surface area contributed by atoms with Gasteiger partial charge in [0, 0.05) is 6.54 Å². The molecule has 11 heteroatoms. The first-order valence-corrected chi connectivity index (χ1v) is 5.41. The number of alkyl halides is 8. The maximum Gasteiger partial charge on any atom is 0.459 e. The van der Waals surface area contributed by atoms with Crippen molar-refractivity contribution in [3.05, 3.63) is 17.0 Å². The summed E-state index contributed by atoms with van der Waals surface area (Å²) in [5, 5.41) is 11.3. The molecular weight excluding hydrogens is 314 g/mol. The lowest BCUT2D eigenvalue weighted by Crippen LogP contribution is -2.36. The molecule has 118 valence electrons. The molecule has 0 aromatic carbocycles. The van der Waals surface area contributed by atoms with Crippen molar-refractivity contribution >= 4 is 0 Å². The molecule has 1 aromatic rings. The first-order chi connectivity index (χ1) is 9.37. The number of aromatic nitrogens is 2. The van der Waals surface area contributed by atoms with Gasteiger partial charge in [0.15, 0.2) is 11.4 Å². The van der Waals surface area contributed by atoms with Crippen LogP contribution < -0.4 is 0 Å². The molecule has 3 nitrogen and oxygen atoms in total. The molecular formula is C10H7F8N3. The Morgan fingerprint density at radius 1 is 1.10 bits per heavy atom. The number of hydrogen-bond acceptors (Lipinski definition) is 2. The van der Waals surface area contributed by atoms with Crippen LogP contribution in [0.5, 0.6) is 0 Å². The van der Waals surface area contributed by atoms with E-state index in [0.717, 1.165) is 6.07 Å². The van der Waals surface area contributed by atoms with E-state index in [1.807, 2.05) is 0 Å². The maximum atomic E-state index is 13.2. The van der Waals surface area contributed by atoms with E-state index in [0.29, 0.717) is 0 Å². The second kappa shape index (κ2) is 5.16. The fraction of sp³-hybridized carbons (Fsp3) is 0.600. The van der Waals surface area contributed by atoms with Crippen molar-refractivity contribution in [1.29, 1.82) is 5.26 Å². The van der Waals surface area contributed by atoms with Gasteiger partial charge >= 0.3 is 18.3 Å². The van der Waals surface area contributed by atoms with Crippen LogP contribution in [-0.2, 0) is 18.6 Å². The van der Waals surface area contributed by atoms with Crippen molar-refractivity contribution < 1.29 is 35.1 Å². The number of aryl methyl sites for hydroxylation is 1. The Morgan fingerprint density at radius 2 is 1.62 bits per heavy atom. The summed E-state index contributed by atoms with van der Waals surface area (Å²) in [6.45, 7) is 1.03. The van der Waals surface area contributed by atoms with Gasteiger partial charge in [-0.3, -0.25) is 4.68 Å². The van der Waals surface area contributed by atoms with Crippen LogP contribution in [0.1, 0.15) is 30.3 Å². The van der Waals surface area contributed by atoms with Crippen molar-refractivity contribution in [2.75, 3.05) is 0 Å². The highest BCUT2D eigenvalue weighted by atomic mass is 19.4. The third-order valence-corrected chi connectivity index (χ3v) is 2.43. The zero-order chi connectivity index (χ0) is 16.6. The van der Waals surface area contributed by atoms with Crippen LogP contribution in [0.4, 0.5) is 35.1 Å². The van der Waals surface area contributed by atoms with E-state index in [4.69, 9.17) is 5.26 Å². The van der Waals surface area contributed by atoms with Gasteiger partial charge in [0.25, 0.3) is 0 Å². The van der Waals surface area contributed by atoms with Crippen molar-refractivity contribution in [2.45, 2.75) is 38.2 Å². The van der Waals surface area contributed by atoms with Crippen LogP contribution in [0.3, 0.4) is 0 Å². The topological polar surface area (TPSA) is 41.6 Å². The predicted octanol–water partition coefficient (Wildman–Crippen LogP) is 3.84. The average Bonchev–Trinajstić information content (AvgIpc) is 2.66. The number of nitriles is 1. The lowest BCUT2D eigenvalue weighted by Gasteiger charge is -2.19. The highest BCUT2D eigenvalue weighted by Crippen LogP contribution is 2.48. The zero-order valence-electron chi connectivity index (χ0n) is 10.3. The van der Waals surface area contributed by atoms with Gasteiger partial charge in [-0.2, -0.15) is 45.5 Å². The summed E-state index contributed by atoms with van der Waals surface area (Å²) in [5.74, 6) is -5.82. The smallest absolute Gasteiger partial charge is 0.254 e. The monoisotopic (exact) mass is 321 g/mol. The Labute approximate surface area is 112 Å². The minimum Gasteiger partial charge on any atom is -0.254 e. The summed E-state index contributed by atoms with van der Waals surface area (Å²) in [7, 11) is 0. The molecule has 1 rings (SSSR count). The quantitative estimate of drug-likeness (QED) is 0.794. The summed E-state index contributed by atoms with van der Waals surface area (Å²) < 4.78 is 102. The van der Waals surface area contributed by atoms with Crippen molar-refractivity contribution in [1.82, 2.24) is 9.78 Å². The van der Waals surface area contributed by atoms with E-state index < -0.39 is 41.8 Å². The molecule has 0 unspecified atom stereocenters. The van der Waals surface area contributed by atoms with Gasteiger partial charge in [-0.1, -0.05) is 6.92 Å². The average molecular weight is 321 g/mol. The Kier molecular flexibility index (Phi) is 4.22. The largest absolute Gasteiger partial charge is 0.459 e. The van der Waals surface area contributed by atoms with Crippen LogP contribution >= 0.6 is 0 Å². The van der Waals surface area contributed by atoms with Crippen LogP contribution in [0, 0.1) is 11.3 Å². The van der Waals surface area contributed by atoms with Gasteiger partial charge < -0.3 is 0 Å². The lowest BCUT2D eigenvalue weighted by atomic mass is 10.1. The molecule has 0 atom stereocenters. The molecule has 0 aliphatic rings. The molecule has 0 N–H and O–H groups in total. The first-order valence-electron chi connectivity index (χ1n) is 5.41.